The van der Waals surface area contributed by atoms with Crippen LogP contribution in [-0.2, 0) is 36.0 Å². The molecule has 9 nitrogen and oxygen atoms in total. The summed E-state index contributed by atoms with van der Waals surface area (Å²) in [5.74, 6) is 3.73. The minimum atomic E-state index is -3.33. The summed E-state index contributed by atoms with van der Waals surface area (Å²) in [7, 11) is -3.33. The average molecular weight is 450 g/mol. The van der Waals surface area contributed by atoms with E-state index in [0.29, 0.717) is 18.5 Å². The summed E-state index contributed by atoms with van der Waals surface area (Å²) in [6, 6.07) is 6.17. The van der Waals surface area contributed by atoms with Crippen molar-refractivity contribution in [1.82, 2.24) is 24.4 Å². The molecule has 2 aliphatic heterocycles. The van der Waals surface area contributed by atoms with E-state index >= 15 is 0 Å². The van der Waals surface area contributed by atoms with Crippen molar-refractivity contribution in [2.75, 3.05) is 26.4 Å². The highest BCUT2D eigenvalue weighted by Crippen LogP contribution is 2.33. The topological polar surface area (TPSA) is 98.6 Å². The summed E-state index contributed by atoms with van der Waals surface area (Å²) in [4.78, 5) is 2.45. The number of hydrogen-bond acceptors (Lipinski definition) is 7. The second kappa shape index (κ2) is 9.13. The first-order valence-electron chi connectivity index (χ1n) is 10.8. The van der Waals surface area contributed by atoms with E-state index in [1.807, 2.05) is 6.07 Å². The van der Waals surface area contributed by atoms with Crippen LogP contribution in [0, 0.1) is 5.92 Å². The van der Waals surface area contributed by atoms with E-state index in [1.165, 1.54) is 5.56 Å². The number of sulfonamides is 1. The first-order chi connectivity index (χ1) is 14.8. The summed E-state index contributed by atoms with van der Waals surface area (Å²) >= 11 is 0. The van der Waals surface area contributed by atoms with Gasteiger partial charge in [-0.05, 0) is 43.9 Å². The van der Waals surface area contributed by atoms with Crippen LogP contribution in [0.2, 0.25) is 0 Å². The van der Waals surface area contributed by atoms with Gasteiger partial charge in [-0.15, -0.1) is 10.2 Å². The molecule has 0 saturated heterocycles. The minimum Gasteiger partial charge on any atom is -0.454 e. The number of aromatic nitrogens is 3. The van der Waals surface area contributed by atoms with Gasteiger partial charge >= 0.3 is 0 Å². The van der Waals surface area contributed by atoms with Gasteiger partial charge in [-0.2, -0.15) is 0 Å². The molecule has 1 N–H and O–H groups in total. The Morgan fingerprint density at radius 3 is 2.71 bits per heavy atom. The Morgan fingerprint density at radius 1 is 1.10 bits per heavy atom. The number of rotatable bonds is 8. The largest absolute Gasteiger partial charge is 0.454 e. The lowest BCUT2D eigenvalue weighted by molar-refractivity contribution is 0.174. The number of hydrogen-bond donors (Lipinski definition) is 1. The summed E-state index contributed by atoms with van der Waals surface area (Å²) in [5.41, 5.74) is 1.25. The number of benzene rings is 1. The lowest BCUT2D eigenvalue weighted by Gasteiger charge is -2.24. The smallest absolute Gasteiger partial charge is 0.231 e. The second-order valence-electron chi connectivity index (χ2n) is 8.65. The molecular weight excluding hydrogens is 418 g/mol. The standard InChI is InChI=1S/C21H31N5O4S/c1-15(2)31(27,28)22-12-21-24-23-20-6-7-25(8-9-26(20)21)13-16(3)10-17-4-5-18-19(11-17)30-14-29-18/h4-5,11,15-16,22H,6-10,12-14H2,1-3H3. The molecule has 1 aromatic heterocycles. The molecule has 1 unspecified atom stereocenters. The van der Waals surface area contributed by atoms with Gasteiger partial charge in [-0.1, -0.05) is 13.0 Å². The normalized spacial score (nSPS) is 17.5. The highest BCUT2D eigenvalue weighted by Gasteiger charge is 2.22. The average Bonchev–Trinajstić information content (AvgIpc) is 3.29. The van der Waals surface area contributed by atoms with Crippen LogP contribution in [0.15, 0.2) is 18.2 Å². The maximum absolute atomic E-state index is 12.1. The molecule has 10 heteroatoms. The van der Waals surface area contributed by atoms with Crippen LogP contribution in [0.4, 0.5) is 0 Å². The Kier molecular flexibility index (Phi) is 6.49. The Labute approximate surface area is 183 Å². The lowest BCUT2D eigenvalue weighted by atomic mass is 10.00. The van der Waals surface area contributed by atoms with E-state index in [1.54, 1.807) is 13.8 Å². The molecule has 1 atom stereocenters. The molecule has 2 aliphatic rings. The monoisotopic (exact) mass is 449 g/mol. The molecule has 1 aromatic carbocycles. The highest BCUT2D eigenvalue weighted by atomic mass is 32.2. The molecule has 0 saturated carbocycles. The van der Waals surface area contributed by atoms with Crippen LogP contribution >= 0.6 is 0 Å². The molecule has 0 bridgehead atoms. The summed E-state index contributed by atoms with van der Waals surface area (Å²) < 4.78 is 39.7. The molecule has 0 aliphatic carbocycles. The first kappa shape index (κ1) is 22.0. The summed E-state index contributed by atoms with van der Waals surface area (Å²) in [6.45, 7) is 9.62. The van der Waals surface area contributed by atoms with Gasteiger partial charge in [0.2, 0.25) is 16.8 Å². The number of nitrogens with zero attached hydrogens (tertiary/aromatic N) is 4. The van der Waals surface area contributed by atoms with Gasteiger partial charge in [0.05, 0.1) is 11.8 Å². The predicted octanol–water partition coefficient (Wildman–Crippen LogP) is 1.57. The molecule has 0 fully saturated rings. The van der Waals surface area contributed by atoms with Crippen LogP contribution in [0.25, 0.3) is 0 Å². The van der Waals surface area contributed by atoms with Crippen LogP contribution in [0.1, 0.15) is 38.0 Å². The number of fused-ring (bicyclic) bond motifs is 2. The van der Waals surface area contributed by atoms with Crippen molar-refractivity contribution < 1.29 is 17.9 Å². The van der Waals surface area contributed by atoms with Crippen LogP contribution < -0.4 is 14.2 Å². The molecule has 2 aromatic rings. The molecule has 31 heavy (non-hydrogen) atoms. The van der Waals surface area contributed by atoms with E-state index in [-0.39, 0.29) is 6.54 Å². The maximum Gasteiger partial charge on any atom is 0.231 e. The van der Waals surface area contributed by atoms with Gasteiger partial charge in [0.1, 0.15) is 11.6 Å². The second-order valence-corrected chi connectivity index (χ2v) is 11.0. The zero-order valence-corrected chi connectivity index (χ0v) is 19.2. The molecule has 170 valence electrons. The van der Waals surface area contributed by atoms with E-state index < -0.39 is 15.3 Å². The van der Waals surface area contributed by atoms with Gasteiger partial charge in [0, 0.05) is 32.6 Å². The molecule has 4 rings (SSSR count). The Hall–Kier alpha value is -2.17. The van der Waals surface area contributed by atoms with E-state index in [9.17, 15) is 8.42 Å². The van der Waals surface area contributed by atoms with Crippen molar-refractivity contribution in [1.29, 1.82) is 0 Å². The van der Waals surface area contributed by atoms with Gasteiger partial charge in [0.25, 0.3) is 0 Å². The quantitative estimate of drug-likeness (QED) is 0.653. The van der Waals surface area contributed by atoms with Crippen LogP contribution in [-0.4, -0.2) is 59.8 Å². The third kappa shape index (κ3) is 5.19. The molecule has 3 heterocycles. The summed E-state index contributed by atoms with van der Waals surface area (Å²) in [6.07, 6.45) is 1.78. The van der Waals surface area contributed by atoms with Crippen molar-refractivity contribution in [3.8, 4) is 11.5 Å². The highest BCUT2D eigenvalue weighted by molar-refractivity contribution is 7.90. The van der Waals surface area contributed by atoms with Crippen molar-refractivity contribution in [2.24, 2.45) is 5.92 Å². The Balaban J connectivity index is 1.31. The predicted molar refractivity (Wildman–Crippen MR) is 116 cm³/mol. The van der Waals surface area contributed by atoms with Crippen molar-refractivity contribution in [3.63, 3.8) is 0 Å². The van der Waals surface area contributed by atoms with Crippen molar-refractivity contribution >= 4 is 10.0 Å². The third-order valence-electron chi connectivity index (χ3n) is 5.84. The Bertz CT molecular complexity index is 1020. The van der Waals surface area contributed by atoms with Gasteiger partial charge < -0.3 is 18.9 Å². The van der Waals surface area contributed by atoms with Gasteiger partial charge in [-0.25, -0.2) is 13.1 Å². The fourth-order valence-corrected chi connectivity index (χ4v) is 4.71. The molecular formula is C21H31N5O4S. The van der Waals surface area contributed by atoms with Crippen LogP contribution in [0.5, 0.6) is 11.5 Å². The Morgan fingerprint density at radius 2 is 1.90 bits per heavy atom. The van der Waals surface area contributed by atoms with Crippen molar-refractivity contribution in [2.45, 2.75) is 52.0 Å². The fraction of sp³-hybridized carbons (Fsp3) is 0.619. The zero-order valence-electron chi connectivity index (χ0n) is 18.4. The molecule has 0 amide bonds. The van der Waals surface area contributed by atoms with Gasteiger partial charge in [-0.3, -0.25) is 0 Å². The molecule has 0 spiro atoms. The SMILES string of the molecule is CC(Cc1ccc2c(c1)OCO2)CN1CCc2nnc(CNS(=O)(=O)C(C)C)n2CC1. The zero-order chi connectivity index (χ0) is 22.0. The first-order valence-corrected chi connectivity index (χ1v) is 12.4. The van der Waals surface area contributed by atoms with Gasteiger partial charge in [0.15, 0.2) is 11.5 Å². The minimum absolute atomic E-state index is 0.175. The van der Waals surface area contributed by atoms with Crippen LogP contribution in [0.3, 0.4) is 0 Å². The number of ether oxygens (including phenoxy) is 2. The van der Waals surface area contributed by atoms with E-state index in [0.717, 1.165) is 56.3 Å². The molecule has 0 radical (unpaired) electrons. The van der Waals surface area contributed by atoms with Crippen molar-refractivity contribution in [3.05, 3.63) is 35.4 Å². The third-order valence-corrected chi connectivity index (χ3v) is 7.63. The van der Waals surface area contributed by atoms with E-state index in [2.05, 4.69) is 43.4 Å². The lowest BCUT2D eigenvalue weighted by Crippen LogP contribution is -2.33. The maximum atomic E-state index is 12.1. The van der Waals surface area contributed by atoms with E-state index in [4.69, 9.17) is 9.47 Å². The summed E-state index contributed by atoms with van der Waals surface area (Å²) in [5, 5.41) is 8.05. The fourth-order valence-electron chi connectivity index (χ4n) is 4.05. The number of nitrogens with one attached hydrogen (secondary N) is 1.